The molecule has 0 aromatic carbocycles. The quantitative estimate of drug-likeness (QED) is 0.494. The summed E-state index contributed by atoms with van der Waals surface area (Å²) in [5.41, 5.74) is 0. The Hall–Kier alpha value is -0.616. The van der Waals surface area contributed by atoms with Crippen LogP contribution in [0.15, 0.2) is 0 Å². The maximum Gasteiger partial charge on any atom is 0 e. The molecule has 0 aromatic rings. The fraction of sp³-hybridized carbons (Fsp3) is 0.692. The zero-order valence-electron chi connectivity index (χ0n) is 11.4. The molecule has 4 amide bonds. The molecule has 20 heavy (non-hydrogen) atoms. The van der Waals surface area contributed by atoms with Crippen LogP contribution in [0, 0.1) is 17.8 Å². The van der Waals surface area contributed by atoms with Gasteiger partial charge in [0.1, 0.15) is 0 Å². The molecular formula is C13H16N2O4Y-4. The van der Waals surface area contributed by atoms with E-state index >= 15 is 0 Å². The molecule has 7 heteroatoms. The van der Waals surface area contributed by atoms with Gasteiger partial charge in [0.15, 0.2) is 0 Å². The van der Waals surface area contributed by atoms with Crippen LogP contribution in [0.5, 0.6) is 0 Å². The molecule has 6 nitrogen and oxygen atoms in total. The Kier molecular flexibility index (Phi) is 9.85. The zero-order chi connectivity index (χ0) is 14.3. The third-order valence-electron chi connectivity index (χ3n) is 3.80. The average molecular weight is 353 g/mol. The largest absolute Gasteiger partial charge is 0.639 e. The fourth-order valence-electron chi connectivity index (χ4n) is 2.95. The van der Waals surface area contributed by atoms with E-state index in [0.29, 0.717) is 17.4 Å². The van der Waals surface area contributed by atoms with Crippen molar-refractivity contribution in [2.24, 2.45) is 17.8 Å². The van der Waals surface area contributed by atoms with Crippen LogP contribution < -0.4 is 0 Å². The van der Waals surface area contributed by atoms with Crippen LogP contribution in [-0.2, 0) is 51.9 Å². The molecule has 3 atom stereocenters. The Morgan fingerprint density at radius 2 is 1.55 bits per heavy atom. The molecule has 0 spiro atoms. The van der Waals surface area contributed by atoms with E-state index in [-0.39, 0.29) is 32.7 Å². The van der Waals surface area contributed by atoms with E-state index in [2.05, 4.69) is 0 Å². The number of carbonyl (C=O) groups excluding carboxylic acids is 4. The van der Waals surface area contributed by atoms with Crippen molar-refractivity contribution in [3.63, 3.8) is 0 Å². The first kappa shape index (κ1) is 19.4. The SMILES string of the molecule is CN([C-]=O)[C-]=O.O=[C-]N([C-]=O)CC1CC2CCC1C2.[Y]. The molecule has 3 unspecified atom stereocenters. The smallest absolute Gasteiger partial charge is 0 e. The molecular weight excluding hydrogens is 337 g/mol. The molecule has 2 aliphatic carbocycles. The number of hydrogen-bond donors (Lipinski definition) is 0. The van der Waals surface area contributed by atoms with Gasteiger partial charge >= 0.3 is 0 Å². The summed E-state index contributed by atoms with van der Waals surface area (Å²) in [6.45, 7) is 0.536. The minimum Gasteiger partial charge on any atom is -0.639 e. The van der Waals surface area contributed by atoms with Gasteiger partial charge in [-0.25, -0.2) is 0 Å². The van der Waals surface area contributed by atoms with Gasteiger partial charge in [-0.15, -0.1) is 0 Å². The maximum absolute atomic E-state index is 10.3. The third-order valence-corrected chi connectivity index (χ3v) is 3.80. The van der Waals surface area contributed by atoms with Crippen LogP contribution in [0.25, 0.3) is 0 Å². The Morgan fingerprint density at radius 3 is 1.85 bits per heavy atom. The van der Waals surface area contributed by atoms with Crippen LogP contribution in [0.1, 0.15) is 25.7 Å². The monoisotopic (exact) mass is 353 g/mol. The normalized spacial score (nSPS) is 25.6. The van der Waals surface area contributed by atoms with E-state index in [0.717, 1.165) is 16.7 Å². The molecule has 2 rings (SSSR count). The van der Waals surface area contributed by atoms with Crippen molar-refractivity contribution in [2.75, 3.05) is 13.6 Å². The Bertz CT molecular complexity index is 324. The topological polar surface area (TPSA) is 74.8 Å². The number of hydrogen-bond acceptors (Lipinski definition) is 4. The van der Waals surface area contributed by atoms with Crippen molar-refractivity contribution < 1.29 is 51.9 Å². The number of fused-ring (bicyclic) bond motifs is 2. The Labute approximate surface area is 144 Å². The zero-order valence-corrected chi connectivity index (χ0v) is 14.2. The molecule has 2 saturated carbocycles. The van der Waals surface area contributed by atoms with E-state index < -0.39 is 0 Å². The van der Waals surface area contributed by atoms with Gasteiger partial charge in [0.2, 0.25) is 0 Å². The van der Waals surface area contributed by atoms with Crippen molar-refractivity contribution in [3.05, 3.63) is 0 Å². The van der Waals surface area contributed by atoms with E-state index in [1.165, 1.54) is 45.6 Å². The second-order valence-corrected chi connectivity index (χ2v) is 4.97. The second kappa shape index (κ2) is 10.2. The molecule has 2 aliphatic rings. The number of nitrogens with zero attached hydrogens (tertiary/aromatic N) is 2. The van der Waals surface area contributed by atoms with Crippen LogP contribution >= 0.6 is 0 Å². The first-order valence-electron chi connectivity index (χ1n) is 6.17. The summed E-state index contributed by atoms with van der Waals surface area (Å²) >= 11 is 0. The summed E-state index contributed by atoms with van der Waals surface area (Å²) < 4.78 is 0. The minimum atomic E-state index is 0. The van der Waals surface area contributed by atoms with E-state index in [9.17, 15) is 19.2 Å². The number of imide groups is 2. The molecule has 0 heterocycles. The summed E-state index contributed by atoms with van der Waals surface area (Å²) in [6.07, 6.45) is 10.9. The summed E-state index contributed by atoms with van der Waals surface area (Å²) in [5.74, 6) is 2.13. The van der Waals surface area contributed by atoms with Crippen molar-refractivity contribution in [3.8, 4) is 0 Å². The molecule has 109 valence electrons. The first-order valence-corrected chi connectivity index (χ1v) is 6.17. The van der Waals surface area contributed by atoms with Crippen LogP contribution in [0.3, 0.4) is 0 Å². The van der Waals surface area contributed by atoms with Gasteiger partial charge in [0.05, 0.1) is 0 Å². The van der Waals surface area contributed by atoms with Gasteiger partial charge in [-0.3, -0.25) is 0 Å². The number of amides is 4. The molecule has 0 aromatic heterocycles. The van der Waals surface area contributed by atoms with Crippen molar-refractivity contribution in [1.29, 1.82) is 0 Å². The van der Waals surface area contributed by atoms with Crippen LogP contribution in [0.2, 0.25) is 0 Å². The summed E-state index contributed by atoms with van der Waals surface area (Å²) in [7, 11) is 1.26. The average Bonchev–Trinajstić information content (AvgIpc) is 3.06. The van der Waals surface area contributed by atoms with Crippen LogP contribution in [0.4, 0.5) is 0 Å². The van der Waals surface area contributed by atoms with Crippen molar-refractivity contribution in [1.82, 2.24) is 9.80 Å². The van der Waals surface area contributed by atoms with Gasteiger partial charge < -0.3 is 29.0 Å². The van der Waals surface area contributed by atoms with E-state index in [1.54, 1.807) is 12.8 Å². The molecule has 1 radical (unpaired) electrons. The minimum absolute atomic E-state index is 0. The predicted octanol–water partition coefficient (Wildman–Crippen LogP) is -0.0909. The molecule has 2 bridgehead atoms. The molecule has 0 saturated heterocycles. The third kappa shape index (κ3) is 5.79. The predicted molar refractivity (Wildman–Crippen MR) is 66.2 cm³/mol. The first-order chi connectivity index (χ1) is 9.14. The van der Waals surface area contributed by atoms with Gasteiger partial charge in [-0.1, -0.05) is 6.42 Å². The van der Waals surface area contributed by atoms with Crippen molar-refractivity contribution >= 4 is 25.6 Å². The number of rotatable bonds is 6. The van der Waals surface area contributed by atoms with Gasteiger partial charge in [-0.2, -0.15) is 25.6 Å². The van der Waals surface area contributed by atoms with Gasteiger partial charge in [-0.05, 0) is 50.6 Å². The van der Waals surface area contributed by atoms with Gasteiger partial charge in [0.25, 0.3) is 0 Å². The molecule has 0 aliphatic heterocycles. The molecule has 0 N–H and O–H groups in total. The summed E-state index contributed by atoms with van der Waals surface area (Å²) in [6, 6.07) is 0. The van der Waals surface area contributed by atoms with Gasteiger partial charge in [0, 0.05) is 32.7 Å². The summed E-state index contributed by atoms with van der Waals surface area (Å²) in [4.78, 5) is 40.7. The second-order valence-electron chi connectivity index (χ2n) is 4.97. The van der Waals surface area contributed by atoms with Crippen LogP contribution in [-0.4, -0.2) is 49.0 Å². The maximum atomic E-state index is 10.3. The van der Waals surface area contributed by atoms with E-state index in [4.69, 9.17) is 0 Å². The Balaban J connectivity index is 0.000000448. The standard InChI is InChI=1S/C10H13NO2.C3H3NO2.Y/c12-6-11(7-13)5-10-4-8-1-2-9(10)3-8;1-4(2-5)3-6;/h8-10H,1-5H2;1H3;/q2*-2;. The van der Waals surface area contributed by atoms with Crippen molar-refractivity contribution in [2.45, 2.75) is 25.7 Å². The van der Waals surface area contributed by atoms with E-state index in [1.807, 2.05) is 0 Å². The Morgan fingerprint density at radius 1 is 0.950 bits per heavy atom. The summed E-state index contributed by atoms with van der Waals surface area (Å²) in [5, 5.41) is 0. The fourth-order valence-corrected chi connectivity index (χ4v) is 2.95. The molecule has 2 fully saturated rings.